The maximum atomic E-state index is 13.2. The molecular weight excluding hydrogens is 645 g/mol. The summed E-state index contributed by atoms with van der Waals surface area (Å²) in [6, 6.07) is 8.16. The summed E-state index contributed by atoms with van der Waals surface area (Å²) < 4.78 is 0. The SMILES string of the molecule is NC(N)=Nc1cccc(C(=O)NCC(=O)NC[C@H](NC(=O)c2c(Cl)cc(C3CCNC4(CCCCCCCC4)C3)cc2Cl)C(=O)O)c1. The van der Waals surface area contributed by atoms with Crippen LogP contribution in [0.25, 0.3) is 0 Å². The van der Waals surface area contributed by atoms with Crippen LogP contribution in [0.3, 0.4) is 0 Å². The molecule has 0 bridgehead atoms. The number of aliphatic carboxylic acids is 1. The van der Waals surface area contributed by atoms with E-state index in [-0.39, 0.29) is 38.6 Å². The third kappa shape index (κ3) is 10.3. The number of nitrogens with one attached hydrogen (secondary N) is 4. The van der Waals surface area contributed by atoms with Gasteiger partial charge in [-0.3, -0.25) is 14.4 Å². The van der Waals surface area contributed by atoms with Gasteiger partial charge in [0.05, 0.1) is 27.8 Å². The van der Waals surface area contributed by atoms with E-state index in [0.29, 0.717) is 5.69 Å². The standard InChI is InChI=1S/C33H43Cl2N7O5/c34-24-15-22(21-10-13-40-33(17-21)11-5-3-1-2-4-6-12-33)16-25(35)28(24)30(45)42-26(31(46)47)18-38-27(43)19-39-29(44)20-8-7-9-23(14-20)41-32(36)37/h7-9,14-16,21,26,40H,1-6,10-13,17-19H2,(H,38,43)(H,39,44)(H,42,45)(H,46,47)(H4,36,37,41)/t21?,26-/m0/s1. The Kier molecular flexibility index (Phi) is 12.9. The van der Waals surface area contributed by atoms with Gasteiger partial charge in [-0.15, -0.1) is 0 Å². The Morgan fingerprint density at radius 2 is 1.62 bits per heavy atom. The molecule has 1 spiro atoms. The summed E-state index contributed by atoms with van der Waals surface area (Å²) in [4.78, 5) is 53.9. The lowest BCUT2D eigenvalue weighted by Gasteiger charge is -2.43. The monoisotopic (exact) mass is 687 g/mol. The van der Waals surface area contributed by atoms with Crippen molar-refractivity contribution in [3.8, 4) is 0 Å². The molecule has 14 heteroatoms. The van der Waals surface area contributed by atoms with Gasteiger partial charge in [0, 0.05) is 17.6 Å². The fraction of sp³-hybridized carbons (Fsp3) is 0.485. The topological polar surface area (TPSA) is 201 Å². The van der Waals surface area contributed by atoms with Crippen LogP contribution in [0.1, 0.15) is 96.4 Å². The van der Waals surface area contributed by atoms with Crippen molar-refractivity contribution in [1.29, 1.82) is 0 Å². The summed E-state index contributed by atoms with van der Waals surface area (Å²) in [5, 5.41) is 21.1. The first-order valence-electron chi connectivity index (χ1n) is 16.0. The lowest BCUT2D eigenvalue weighted by Crippen LogP contribution is -2.50. The number of benzene rings is 2. The molecule has 4 rings (SSSR count). The molecule has 9 N–H and O–H groups in total. The van der Waals surface area contributed by atoms with Crippen LogP contribution in [-0.4, -0.2) is 66.0 Å². The largest absolute Gasteiger partial charge is 0.480 e. The molecule has 2 aliphatic rings. The average molecular weight is 689 g/mol. The zero-order valence-electron chi connectivity index (χ0n) is 26.2. The minimum atomic E-state index is -1.49. The van der Waals surface area contributed by atoms with Gasteiger partial charge >= 0.3 is 5.97 Å². The lowest BCUT2D eigenvalue weighted by atomic mass is 9.74. The Balaban J connectivity index is 1.34. The Morgan fingerprint density at radius 1 is 0.957 bits per heavy atom. The Bertz CT molecular complexity index is 1460. The Hall–Kier alpha value is -3.87. The third-order valence-corrected chi connectivity index (χ3v) is 9.43. The number of nitrogens with zero attached hydrogens (tertiary/aromatic N) is 1. The number of carboxylic acids is 1. The number of carbonyl (C=O) groups excluding carboxylic acids is 3. The predicted octanol–water partition coefficient (Wildman–Crippen LogP) is 3.97. The number of nitrogens with two attached hydrogens (primary N) is 2. The van der Waals surface area contributed by atoms with Crippen molar-refractivity contribution in [3.63, 3.8) is 0 Å². The van der Waals surface area contributed by atoms with Gasteiger partial charge in [0.2, 0.25) is 5.91 Å². The molecule has 1 saturated carbocycles. The molecule has 0 aromatic heterocycles. The van der Waals surface area contributed by atoms with Crippen molar-refractivity contribution in [1.82, 2.24) is 21.3 Å². The molecular formula is C33H43Cl2N7O5. The minimum Gasteiger partial charge on any atom is -0.480 e. The lowest BCUT2D eigenvalue weighted by molar-refractivity contribution is -0.139. The molecule has 1 unspecified atom stereocenters. The van der Waals surface area contributed by atoms with Crippen molar-refractivity contribution >= 4 is 58.5 Å². The van der Waals surface area contributed by atoms with Crippen LogP contribution < -0.4 is 32.7 Å². The number of hydrogen-bond donors (Lipinski definition) is 7. The molecule has 2 aromatic carbocycles. The predicted molar refractivity (Wildman–Crippen MR) is 182 cm³/mol. The third-order valence-electron chi connectivity index (χ3n) is 8.84. The number of rotatable bonds is 10. The van der Waals surface area contributed by atoms with Gasteiger partial charge in [0.1, 0.15) is 6.04 Å². The van der Waals surface area contributed by atoms with Gasteiger partial charge in [0.25, 0.3) is 11.8 Å². The molecule has 1 saturated heterocycles. The normalized spacial score (nSPS) is 18.5. The summed E-state index contributed by atoms with van der Waals surface area (Å²) in [5.41, 5.74) is 12.3. The second-order valence-electron chi connectivity index (χ2n) is 12.3. The number of carboxylic acid groups (broad SMARTS) is 1. The maximum Gasteiger partial charge on any atom is 0.328 e. The summed E-state index contributed by atoms with van der Waals surface area (Å²) in [6.45, 7) is 0.00735. The highest BCUT2D eigenvalue weighted by Crippen LogP contribution is 2.41. The number of aliphatic imine (C=N–C) groups is 1. The van der Waals surface area contributed by atoms with Crippen LogP contribution in [0.15, 0.2) is 41.4 Å². The van der Waals surface area contributed by atoms with Crippen LogP contribution in [0.5, 0.6) is 0 Å². The Labute approximate surface area is 284 Å². The fourth-order valence-corrected chi connectivity index (χ4v) is 7.14. The van der Waals surface area contributed by atoms with E-state index in [9.17, 15) is 24.3 Å². The quantitative estimate of drug-likeness (QED) is 0.144. The van der Waals surface area contributed by atoms with Crippen LogP contribution in [-0.2, 0) is 9.59 Å². The summed E-state index contributed by atoms with van der Waals surface area (Å²) in [6.07, 6.45) is 11.7. The van der Waals surface area contributed by atoms with Crippen LogP contribution >= 0.6 is 23.2 Å². The fourth-order valence-electron chi connectivity index (χ4n) is 6.46. The number of carbonyl (C=O) groups is 4. The molecule has 0 radical (unpaired) electrons. The second-order valence-corrected chi connectivity index (χ2v) is 13.1. The van der Waals surface area contributed by atoms with Crippen LogP contribution in [0, 0.1) is 0 Å². The second kappa shape index (κ2) is 16.8. The molecule has 1 aliphatic heterocycles. The van der Waals surface area contributed by atoms with Crippen molar-refractivity contribution in [3.05, 3.63) is 63.1 Å². The first-order chi connectivity index (χ1) is 22.5. The number of amides is 3. The summed E-state index contributed by atoms with van der Waals surface area (Å²) in [5.74, 6) is -3.33. The number of halogens is 2. The molecule has 12 nitrogen and oxygen atoms in total. The van der Waals surface area contributed by atoms with E-state index in [0.717, 1.165) is 37.8 Å². The van der Waals surface area contributed by atoms with Crippen LogP contribution in [0.4, 0.5) is 5.69 Å². The maximum absolute atomic E-state index is 13.2. The van der Waals surface area contributed by atoms with Gasteiger partial charge in [-0.05, 0) is 74.0 Å². The first-order valence-corrected chi connectivity index (χ1v) is 16.7. The van der Waals surface area contributed by atoms with Gasteiger partial charge in [0.15, 0.2) is 5.96 Å². The summed E-state index contributed by atoms with van der Waals surface area (Å²) in [7, 11) is 0. The molecule has 2 atom stereocenters. The van der Waals surface area contributed by atoms with E-state index in [2.05, 4.69) is 26.3 Å². The van der Waals surface area contributed by atoms with Gasteiger partial charge < -0.3 is 37.8 Å². The van der Waals surface area contributed by atoms with E-state index in [1.165, 1.54) is 50.7 Å². The Morgan fingerprint density at radius 3 is 2.26 bits per heavy atom. The molecule has 254 valence electrons. The highest BCUT2D eigenvalue weighted by atomic mass is 35.5. The number of piperidine rings is 1. The van der Waals surface area contributed by atoms with Crippen molar-refractivity contribution in [2.45, 2.75) is 81.7 Å². The smallest absolute Gasteiger partial charge is 0.328 e. The van der Waals surface area contributed by atoms with E-state index in [1.807, 2.05) is 0 Å². The summed E-state index contributed by atoms with van der Waals surface area (Å²) >= 11 is 13.2. The van der Waals surface area contributed by atoms with E-state index >= 15 is 0 Å². The van der Waals surface area contributed by atoms with E-state index < -0.39 is 42.8 Å². The van der Waals surface area contributed by atoms with Crippen molar-refractivity contribution in [2.24, 2.45) is 16.5 Å². The molecule has 1 heterocycles. The number of hydrogen-bond acceptors (Lipinski definition) is 6. The molecule has 47 heavy (non-hydrogen) atoms. The van der Waals surface area contributed by atoms with Gasteiger partial charge in [-0.1, -0.05) is 67.8 Å². The van der Waals surface area contributed by atoms with Crippen LogP contribution in [0.2, 0.25) is 10.0 Å². The average Bonchev–Trinajstić information content (AvgIpc) is 3.13. The van der Waals surface area contributed by atoms with Gasteiger partial charge in [-0.25, -0.2) is 9.79 Å². The van der Waals surface area contributed by atoms with E-state index in [1.54, 1.807) is 24.3 Å². The van der Waals surface area contributed by atoms with Crippen molar-refractivity contribution < 1.29 is 24.3 Å². The molecule has 2 aromatic rings. The highest BCUT2D eigenvalue weighted by Gasteiger charge is 2.36. The first kappa shape index (κ1) is 36.0. The molecule has 3 amide bonds. The van der Waals surface area contributed by atoms with Crippen molar-refractivity contribution in [2.75, 3.05) is 19.6 Å². The zero-order valence-corrected chi connectivity index (χ0v) is 27.8. The zero-order chi connectivity index (χ0) is 34.0. The molecule has 2 fully saturated rings. The van der Waals surface area contributed by atoms with Gasteiger partial charge in [-0.2, -0.15) is 0 Å². The number of guanidine groups is 1. The highest BCUT2D eigenvalue weighted by molar-refractivity contribution is 6.39. The minimum absolute atomic E-state index is 0.0315. The molecule has 1 aliphatic carbocycles. The van der Waals surface area contributed by atoms with E-state index in [4.69, 9.17) is 34.7 Å².